The van der Waals surface area contributed by atoms with Crippen LogP contribution in [0, 0.1) is 30.6 Å². The van der Waals surface area contributed by atoms with E-state index in [9.17, 15) is 19.2 Å². The van der Waals surface area contributed by atoms with Gasteiger partial charge in [0.2, 0.25) is 11.8 Å². The van der Waals surface area contributed by atoms with Gasteiger partial charge in [-0.2, -0.15) is 0 Å². The number of ether oxygens (including phenoxy) is 1. The number of rotatable bonds is 5. The lowest BCUT2D eigenvalue weighted by Crippen LogP contribution is -2.38. The molecule has 0 unspecified atom stereocenters. The molecule has 4 rings (SSSR count). The molecule has 2 amide bonds. The third-order valence-corrected chi connectivity index (χ3v) is 9.31. The van der Waals surface area contributed by atoms with Crippen molar-refractivity contribution < 1.29 is 23.9 Å². The molecule has 1 aromatic carbocycles. The van der Waals surface area contributed by atoms with Crippen LogP contribution in [0.25, 0.3) is 0 Å². The van der Waals surface area contributed by atoms with E-state index in [1.165, 1.54) is 0 Å². The largest absolute Gasteiger partial charge is 0.456 e. The normalized spacial score (nSPS) is 33.3. The van der Waals surface area contributed by atoms with E-state index in [1.54, 1.807) is 24.3 Å². The number of likely N-dealkylation sites (tertiary alicyclic amines) is 1. The quantitative estimate of drug-likeness (QED) is 0.262. The van der Waals surface area contributed by atoms with Gasteiger partial charge in [-0.25, -0.2) is 0 Å². The highest BCUT2D eigenvalue weighted by Gasteiger charge is 2.66. The number of amides is 2. The monoisotopic (exact) mass is 511 g/mol. The number of Topliss-reactive ketones (excluding diaryl/α,β-unsaturated/α-hetero) is 1. The van der Waals surface area contributed by atoms with E-state index < -0.39 is 19.1 Å². The van der Waals surface area contributed by atoms with Crippen molar-refractivity contribution in [1.29, 1.82) is 0 Å². The molecule has 0 radical (unpaired) electrons. The second-order valence-corrected chi connectivity index (χ2v) is 9.83. The van der Waals surface area contributed by atoms with E-state index in [4.69, 9.17) is 4.74 Å². The van der Waals surface area contributed by atoms with E-state index in [-0.39, 0.29) is 50.9 Å². The Hall–Kier alpha value is -1.54. The maximum Gasteiger partial charge on any atom is 0.326 e. The zero-order valence-electron chi connectivity index (χ0n) is 15.1. The van der Waals surface area contributed by atoms with Gasteiger partial charge in [-0.05, 0) is 25.2 Å². The Kier molecular flexibility index (Phi) is 5.20. The number of alkyl halides is 2. The molecular weight excluding hydrogens is 494 g/mol. The van der Waals surface area contributed by atoms with Crippen molar-refractivity contribution in [3.05, 3.63) is 35.4 Å². The van der Waals surface area contributed by atoms with Crippen LogP contribution in [0.3, 0.4) is 0 Å². The molecule has 28 heavy (non-hydrogen) atoms. The summed E-state index contributed by atoms with van der Waals surface area (Å²) in [5, 5.41) is 0. The van der Waals surface area contributed by atoms with Crippen LogP contribution in [0.2, 0.25) is 0 Å². The third-order valence-electron chi connectivity index (χ3n) is 6.10. The van der Waals surface area contributed by atoms with Crippen LogP contribution < -0.4 is 0 Å². The molecule has 3 fully saturated rings. The van der Waals surface area contributed by atoms with Gasteiger partial charge in [0, 0.05) is 15.2 Å². The first-order valence-electron chi connectivity index (χ1n) is 9.18. The van der Waals surface area contributed by atoms with Gasteiger partial charge in [0.25, 0.3) is 0 Å². The summed E-state index contributed by atoms with van der Waals surface area (Å²) in [5.74, 6) is -2.21. The predicted molar refractivity (Wildman–Crippen MR) is 107 cm³/mol. The number of ketones is 1. The molecule has 0 N–H and O–H groups in total. The zero-order chi connectivity index (χ0) is 20.2. The fraction of sp³-hybridized carbons (Fsp3) is 0.500. The van der Waals surface area contributed by atoms with Gasteiger partial charge in [0.1, 0.15) is 6.54 Å². The Balaban J connectivity index is 1.36. The van der Waals surface area contributed by atoms with Crippen molar-refractivity contribution in [2.24, 2.45) is 23.7 Å². The molecule has 8 heteroatoms. The highest BCUT2D eigenvalue weighted by atomic mass is 79.9. The molecule has 6 nitrogen and oxygen atoms in total. The Morgan fingerprint density at radius 2 is 1.57 bits per heavy atom. The lowest BCUT2D eigenvalue weighted by molar-refractivity contribution is -0.152. The van der Waals surface area contributed by atoms with E-state index in [2.05, 4.69) is 31.9 Å². The second kappa shape index (κ2) is 7.37. The molecule has 3 aliphatic rings. The van der Waals surface area contributed by atoms with Gasteiger partial charge in [-0.15, -0.1) is 0 Å². The Labute approximate surface area is 179 Å². The van der Waals surface area contributed by atoms with Crippen molar-refractivity contribution >= 4 is 55.4 Å². The topological polar surface area (TPSA) is 80.8 Å². The molecule has 1 saturated heterocycles. The molecule has 0 spiro atoms. The summed E-state index contributed by atoms with van der Waals surface area (Å²) in [6, 6.07) is 6.95. The smallest absolute Gasteiger partial charge is 0.326 e. The number of hydrogen-bond acceptors (Lipinski definition) is 5. The summed E-state index contributed by atoms with van der Waals surface area (Å²) in [4.78, 5) is 51.1. The molecular formula is C20H19Br2NO5. The van der Waals surface area contributed by atoms with Crippen molar-refractivity contribution in [3.63, 3.8) is 0 Å². The molecule has 1 aliphatic heterocycles. The van der Waals surface area contributed by atoms with Crippen LogP contribution in [-0.2, 0) is 19.1 Å². The van der Waals surface area contributed by atoms with Gasteiger partial charge < -0.3 is 4.74 Å². The van der Waals surface area contributed by atoms with Crippen LogP contribution in [0.15, 0.2) is 24.3 Å². The SMILES string of the molecule is Cc1ccc(C(=O)COC(=O)CN2C(=O)[C@@H]3[C@@H]4C[C@H]([C@H](Br)[C@@H]4Br)[C@@H]3C2=O)cc1. The fourth-order valence-electron chi connectivity index (χ4n) is 4.71. The minimum atomic E-state index is -0.750. The molecule has 0 aromatic heterocycles. The van der Waals surface area contributed by atoms with E-state index in [0.717, 1.165) is 16.9 Å². The molecule has 2 saturated carbocycles. The summed E-state index contributed by atoms with van der Waals surface area (Å²) in [5.41, 5.74) is 1.47. The molecule has 1 heterocycles. The highest BCUT2D eigenvalue weighted by molar-refractivity contribution is 9.12. The first kappa shape index (κ1) is 19.8. The summed E-state index contributed by atoms with van der Waals surface area (Å²) in [7, 11) is 0. The summed E-state index contributed by atoms with van der Waals surface area (Å²) >= 11 is 7.25. The predicted octanol–water partition coefficient (Wildman–Crippen LogP) is 2.50. The number of imide groups is 1. The number of aryl methyl sites for hydroxylation is 1. The number of benzene rings is 1. The molecule has 2 aliphatic carbocycles. The van der Waals surface area contributed by atoms with Crippen molar-refractivity contribution in [3.8, 4) is 0 Å². The summed E-state index contributed by atoms with van der Waals surface area (Å²) in [6.07, 6.45) is 0.835. The van der Waals surface area contributed by atoms with Gasteiger partial charge in [-0.3, -0.25) is 24.1 Å². The van der Waals surface area contributed by atoms with Gasteiger partial charge in [-0.1, -0.05) is 61.7 Å². The number of nitrogens with zero attached hydrogens (tertiary/aromatic N) is 1. The van der Waals surface area contributed by atoms with Gasteiger partial charge in [0.05, 0.1) is 11.8 Å². The van der Waals surface area contributed by atoms with Crippen LogP contribution in [0.5, 0.6) is 0 Å². The standard InChI is InChI=1S/C20H19Br2NO5/c1-9-2-4-10(5-3-9)13(24)8-28-14(25)7-23-19(26)15-11-6-12(16(15)20(23)27)18(22)17(11)21/h2-5,11-12,15-18H,6-8H2,1H3/t11-,12-,15-,16+,17-,18+/m0/s1. The molecule has 148 valence electrons. The number of hydrogen-bond donors (Lipinski definition) is 0. The van der Waals surface area contributed by atoms with Gasteiger partial charge >= 0.3 is 5.97 Å². The number of carbonyl (C=O) groups excluding carboxylic acids is 4. The van der Waals surface area contributed by atoms with Crippen LogP contribution in [-0.4, -0.2) is 51.3 Å². The van der Waals surface area contributed by atoms with Crippen molar-refractivity contribution in [2.45, 2.75) is 23.0 Å². The first-order valence-corrected chi connectivity index (χ1v) is 11.0. The van der Waals surface area contributed by atoms with E-state index >= 15 is 0 Å². The van der Waals surface area contributed by atoms with Crippen molar-refractivity contribution in [2.75, 3.05) is 13.2 Å². The maximum atomic E-state index is 12.8. The number of esters is 1. The Morgan fingerprint density at radius 3 is 2.11 bits per heavy atom. The minimum Gasteiger partial charge on any atom is -0.456 e. The lowest BCUT2D eigenvalue weighted by Gasteiger charge is -2.28. The first-order chi connectivity index (χ1) is 13.3. The number of fused-ring (bicyclic) bond motifs is 5. The Morgan fingerprint density at radius 1 is 1.04 bits per heavy atom. The van der Waals surface area contributed by atoms with Crippen LogP contribution in [0.1, 0.15) is 22.3 Å². The average molecular weight is 513 g/mol. The zero-order valence-corrected chi connectivity index (χ0v) is 18.3. The molecule has 6 atom stereocenters. The Bertz CT molecular complexity index is 823. The van der Waals surface area contributed by atoms with Crippen LogP contribution >= 0.6 is 31.9 Å². The van der Waals surface area contributed by atoms with E-state index in [0.29, 0.717) is 5.56 Å². The summed E-state index contributed by atoms with van der Waals surface area (Å²) in [6.45, 7) is 1.06. The van der Waals surface area contributed by atoms with Crippen molar-refractivity contribution in [1.82, 2.24) is 4.90 Å². The molecule has 1 aromatic rings. The van der Waals surface area contributed by atoms with Crippen LogP contribution in [0.4, 0.5) is 0 Å². The second-order valence-electron chi connectivity index (χ2n) is 7.72. The number of halogens is 2. The average Bonchev–Trinajstić information content (AvgIpc) is 3.27. The number of carbonyl (C=O) groups is 4. The third kappa shape index (κ3) is 3.14. The fourth-order valence-corrected chi connectivity index (χ4v) is 6.58. The highest BCUT2D eigenvalue weighted by Crippen LogP contribution is 2.60. The van der Waals surface area contributed by atoms with E-state index in [1.807, 2.05) is 6.92 Å². The molecule has 2 bridgehead atoms. The lowest BCUT2D eigenvalue weighted by atomic mass is 9.81. The summed E-state index contributed by atoms with van der Waals surface area (Å²) < 4.78 is 5.03. The maximum absolute atomic E-state index is 12.8. The minimum absolute atomic E-state index is 0.0972. The van der Waals surface area contributed by atoms with Gasteiger partial charge in [0.15, 0.2) is 12.4 Å².